The Morgan fingerprint density at radius 2 is 1.58 bits per heavy atom. The fourth-order valence-electron chi connectivity index (χ4n) is 3.00. The zero-order valence-electron chi connectivity index (χ0n) is 15.1. The van der Waals surface area contributed by atoms with E-state index in [0.29, 0.717) is 13.0 Å². The zero-order valence-corrected chi connectivity index (χ0v) is 16.0. The van der Waals surface area contributed by atoms with Crippen molar-refractivity contribution in [2.75, 3.05) is 37.7 Å². The third-order valence-electron chi connectivity index (χ3n) is 4.53. The predicted octanol–water partition coefficient (Wildman–Crippen LogP) is 2.49. The molecule has 0 amide bonds. The van der Waals surface area contributed by atoms with E-state index in [9.17, 15) is 8.42 Å². The number of anilines is 1. The third kappa shape index (κ3) is 5.56. The van der Waals surface area contributed by atoms with Gasteiger partial charge in [0, 0.05) is 25.3 Å². The minimum atomic E-state index is -3.32. The Bertz CT molecular complexity index is 796. The topological polar surface area (TPSA) is 58.6 Å². The lowest BCUT2D eigenvalue weighted by Crippen LogP contribution is -2.36. The van der Waals surface area contributed by atoms with Crippen LogP contribution < -0.4 is 9.62 Å². The number of hydrogen-bond donors (Lipinski definition) is 1. The minimum Gasteiger partial charge on any atom is -0.378 e. The molecule has 140 valence electrons. The first-order chi connectivity index (χ1) is 12.5. The molecule has 0 aliphatic carbocycles. The molecule has 0 spiro atoms. The second kappa shape index (κ2) is 8.66. The first-order valence-corrected chi connectivity index (χ1v) is 10.6. The quantitative estimate of drug-likeness (QED) is 0.809. The van der Waals surface area contributed by atoms with Crippen LogP contribution in [0.15, 0.2) is 48.5 Å². The predicted molar refractivity (Wildman–Crippen MR) is 105 cm³/mol. The van der Waals surface area contributed by atoms with Crippen molar-refractivity contribution < 1.29 is 13.2 Å². The second-order valence-electron chi connectivity index (χ2n) is 6.65. The van der Waals surface area contributed by atoms with E-state index in [4.69, 9.17) is 4.74 Å². The molecular formula is C20H26N2O3S. The van der Waals surface area contributed by atoms with E-state index in [1.807, 2.05) is 31.2 Å². The summed E-state index contributed by atoms with van der Waals surface area (Å²) in [4.78, 5) is 2.30. The summed E-state index contributed by atoms with van der Waals surface area (Å²) in [5.74, 6) is 0.0171. The van der Waals surface area contributed by atoms with E-state index in [2.05, 4.69) is 33.9 Å². The summed E-state index contributed by atoms with van der Waals surface area (Å²) in [6, 6.07) is 15.9. The van der Waals surface area contributed by atoms with Crippen molar-refractivity contribution in [1.82, 2.24) is 4.72 Å². The first kappa shape index (κ1) is 18.9. The minimum absolute atomic E-state index is 0.0171. The molecule has 1 fully saturated rings. The molecule has 0 aromatic heterocycles. The van der Waals surface area contributed by atoms with Crippen molar-refractivity contribution in [3.05, 3.63) is 65.2 Å². The van der Waals surface area contributed by atoms with E-state index in [1.54, 1.807) is 0 Å². The van der Waals surface area contributed by atoms with Gasteiger partial charge in [-0.3, -0.25) is 0 Å². The lowest BCUT2D eigenvalue weighted by Gasteiger charge is -2.28. The van der Waals surface area contributed by atoms with Gasteiger partial charge in [0.05, 0.1) is 19.0 Å². The van der Waals surface area contributed by atoms with E-state index in [1.165, 1.54) is 5.69 Å². The molecule has 1 heterocycles. The van der Waals surface area contributed by atoms with Crippen LogP contribution in [-0.2, 0) is 26.9 Å². The Morgan fingerprint density at radius 1 is 0.962 bits per heavy atom. The Balaban J connectivity index is 1.48. The maximum Gasteiger partial charge on any atom is 0.215 e. The van der Waals surface area contributed by atoms with Crippen LogP contribution in [0.5, 0.6) is 0 Å². The van der Waals surface area contributed by atoms with E-state index in [0.717, 1.165) is 43.0 Å². The monoisotopic (exact) mass is 374 g/mol. The van der Waals surface area contributed by atoms with Gasteiger partial charge in [0.25, 0.3) is 0 Å². The zero-order chi connectivity index (χ0) is 18.4. The standard InChI is InChI=1S/C20H26N2O3S/c1-17-2-4-19(5-3-17)16-26(23,24)21-11-10-18-6-8-20(9-7-18)22-12-14-25-15-13-22/h2-9,21H,10-16H2,1H3. The van der Waals surface area contributed by atoms with Crippen LogP contribution in [0.1, 0.15) is 16.7 Å². The molecule has 26 heavy (non-hydrogen) atoms. The van der Waals surface area contributed by atoms with Crippen molar-refractivity contribution in [2.45, 2.75) is 19.1 Å². The van der Waals surface area contributed by atoms with Crippen LogP contribution in [-0.4, -0.2) is 41.3 Å². The van der Waals surface area contributed by atoms with Crippen LogP contribution in [0.3, 0.4) is 0 Å². The summed E-state index contributed by atoms with van der Waals surface area (Å²) in [6.07, 6.45) is 0.677. The lowest BCUT2D eigenvalue weighted by atomic mass is 10.1. The summed E-state index contributed by atoms with van der Waals surface area (Å²) >= 11 is 0. The summed E-state index contributed by atoms with van der Waals surface area (Å²) in [7, 11) is -3.32. The van der Waals surface area contributed by atoms with Gasteiger partial charge in [0.1, 0.15) is 0 Å². The molecule has 0 unspecified atom stereocenters. The number of hydrogen-bond acceptors (Lipinski definition) is 4. The van der Waals surface area contributed by atoms with E-state index < -0.39 is 10.0 Å². The van der Waals surface area contributed by atoms with Crippen LogP contribution >= 0.6 is 0 Å². The highest BCUT2D eigenvalue weighted by atomic mass is 32.2. The fraction of sp³-hybridized carbons (Fsp3) is 0.400. The van der Waals surface area contributed by atoms with E-state index in [-0.39, 0.29) is 5.75 Å². The summed E-state index contributed by atoms with van der Waals surface area (Å²) in [6.45, 7) is 5.76. The Labute approximate surface area is 156 Å². The molecule has 1 aliphatic rings. The lowest BCUT2D eigenvalue weighted by molar-refractivity contribution is 0.122. The number of morpholine rings is 1. The molecular weight excluding hydrogens is 348 g/mol. The SMILES string of the molecule is Cc1ccc(CS(=O)(=O)NCCc2ccc(N3CCOCC3)cc2)cc1. The highest BCUT2D eigenvalue weighted by Crippen LogP contribution is 2.17. The number of aryl methyl sites for hydroxylation is 1. The van der Waals surface area contributed by atoms with Gasteiger partial charge in [0.15, 0.2) is 0 Å². The average molecular weight is 375 g/mol. The number of nitrogens with zero attached hydrogens (tertiary/aromatic N) is 1. The van der Waals surface area contributed by atoms with E-state index >= 15 is 0 Å². The molecule has 2 aromatic rings. The number of rotatable bonds is 7. The van der Waals surface area contributed by atoms with Crippen LogP contribution in [0.2, 0.25) is 0 Å². The Hall–Kier alpha value is -1.89. The van der Waals surface area contributed by atoms with Crippen molar-refractivity contribution in [1.29, 1.82) is 0 Å². The van der Waals surface area contributed by atoms with Crippen molar-refractivity contribution in [3.63, 3.8) is 0 Å². The molecule has 1 saturated heterocycles. The largest absolute Gasteiger partial charge is 0.378 e. The van der Waals surface area contributed by atoms with Gasteiger partial charge in [-0.1, -0.05) is 42.0 Å². The van der Waals surface area contributed by atoms with Gasteiger partial charge in [-0.25, -0.2) is 13.1 Å². The van der Waals surface area contributed by atoms with Crippen LogP contribution in [0.25, 0.3) is 0 Å². The molecule has 3 rings (SSSR count). The van der Waals surface area contributed by atoms with Crippen molar-refractivity contribution in [2.24, 2.45) is 0 Å². The van der Waals surface area contributed by atoms with Gasteiger partial charge in [0.2, 0.25) is 10.0 Å². The molecule has 2 aromatic carbocycles. The molecule has 1 N–H and O–H groups in total. The van der Waals surface area contributed by atoms with Crippen molar-refractivity contribution >= 4 is 15.7 Å². The highest BCUT2D eigenvalue weighted by Gasteiger charge is 2.12. The number of benzene rings is 2. The molecule has 6 heteroatoms. The second-order valence-corrected chi connectivity index (χ2v) is 8.46. The Morgan fingerprint density at radius 3 is 2.23 bits per heavy atom. The summed E-state index contributed by atoms with van der Waals surface area (Å²) in [5.41, 5.74) is 4.25. The third-order valence-corrected chi connectivity index (χ3v) is 5.88. The van der Waals surface area contributed by atoms with Gasteiger partial charge in [-0.15, -0.1) is 0 Å². The molecule has 0 radical (unpaired) electrons. The van der Waals surface area contributed by atoms with Crippen LogP contribution in [0, 0.1) is 6.92 Å². The van der Waals surface area contributed by atoms with Gasteiger partial charge >= 0.3 is 0 Å². The molecule has 0 atom stereocenters. The maximum atomic E-state index is 12.2. The fourth-order valence-corrected chi connectivity index (χ4v) is 4.15. The molecule has 0 bridgehead atoms. The smallest absolute Gasteiger partial charge is 0.215 e. The molecule has 0 saturated carbocycles. The highest BCUT2D eigenvalue weighted by molar-refractivity contribution is 7.88. The maximum absolute atomic E-state index is 12.2. The average Bonchev–Trinajstić information content (AvgIpc) is 2.65. The van der Waals surface area contributed by atoms with Crippen LogP contribution in [0.4, 0.5) is 5.69 Å². The number of nitrogens with one attached hydrogen (secondary N) is 1. The van der Waals surface area contributed by atoms with Gasteiger partial charge in [-0.05, 0) is 36.6 Å². The molecule has 1 aliphatic heterocycles. The normalized spacial score (nSPS) is 15.2. The molecule has 5 nitrogen and oxygen atoms in total. The first-order valence-electron chi connectivity index (χ1n) is 8.96. The number of sulfonamides is 1. The summed E-state index contributed by atoms with van der Waals surface area (Å²) in [5, 5.41) is 0. The summed E-state index contributed by atoms with van der Waals surface area (Å²) < 4.78 is 32.5. The Kier molecular flexibility index (Phi) is 6.29. The van der Waals surface area contributed by atoms with Gasteiger partial charge < -0.3 is 9.64 Å². The van der Waals surface area contributed by atoms with Crippen molar-refractivity contribution in [3.8, 4) is 0 Å². The van der Waals surface area contributed by atoms with Gasteiger partial charge in [-0.2, -0.15) is 0 Å². The number of ether oxygens (including phenoxy) is 1.